The van der Waals surface area contributed by atoms with E-state index in [1.165, 1.54) is 57.8 Å². The van der Waals surface area contributed by atoms with Crippen LogP contribution in [-0.2, 0) is 33.4 Å². The van der Waals surface area contributed by atoms with E-state index in [9.17, 15) is 24.3 Å². The minimum absolute atomic E-state index is 0.189. The molecule has 0 bridgehead atoms. The molecule has 0 rings (SSSR count). The van der Waals surface area contributed by atoms with E-state index in [4.69, 9.17) is 14.6 Å². The maximum atomic E-state index is 12.5. The van der Waals surface area contributed by atoms with Crippen molar-refractivity contribution in [1.82, 2.24) is 0 Å². The molecule has 198 valence electrons. The maximum absolute atomic E-state index is 12.5. The Bertz CT molecular complexity index is 587. The lowest BCUT2D eigenvalue weighted by molar-refractivity contribution is -0.240. The molecule has 0 heterocycles. The van der Waals surface area contributed by atoms with Crippen LogP contribution < -0.4 is 0 Å². The van der Waals surface area contributed by atoms with Crippen molar-refractivity contribution in [2.75, 3.05) is 6.61 Å². The summed E-state index contributed by atoms with van der Waals surface area (Å²) in [7, 11) is 0. The normalized spacial score (nSPS) is 12.1. The van der Waals surface area contributed by atoms with Crippen LogP contribution in [0.2, 0.25) is 0 Å². The number of aliphatic hydroxyl groups is 2. The largest absolute Gasteiger partial charge is 0.412 e. The Morgan fingerprint density at radius 2 is 1.09 bits per heavy atom. The van der Waals surface area contributed by atoms with Gasteiger partial charge in [0, 0.05) is 20.3 Å². The summed E-state index contributed by atoms with van der Waals surface area (Å²) in [5, 5.41) is 18.1. The van der Waals surface area contributed by atoms with Gasteiger partial charge in [0.2, 0.25) is 0 Å². The monoisotopic (exact) mass is 488 g/mol. The summed E-state index contributed by atoms with van der Waals surface area (Å²) in [6.45, 7) is 3.32. The van der Waals surface area contributed by atoms with Gasteiger partial charge in [-0.1, -0.05) is 90.4 Å². The van der Waals surface area contributed by atoms with Crippen molar-refractivity contribution in [3.8, 4) is 0 Å². The molecule has 0 spiro atoms. The van der Waals surface area contributed by atoms with Crippen LogP contribution >= 0.6 is 0 Å². The van der Waals surface area contributed by atoms with Gasteiger partial charge in [0.05, 0.1) is 6.61 Å². The average molecular weight is 489 g/mol. The molecule has 0 radical (unpaired) electrons. The second-order valence-electron chi connectivity index (χ2n) is 8.69. The molecule has 0 aromatic heterocycles. The molecule has 0 aromatic carbocycles. The van der Waals surface area contributed by atoms with Crippen molar-refractivity contribution >= 4 is 23.9 Å². The number of hydrogen-bond donors (Lipinski definition) is 2. The molecule has 9 nitrogen and oxygen atoms in total. The van der Waals surface area contributed by atoms with E-state index in [1.54, 1.807) is 0 Å². The Morgan fingerprint density at radius 3 is 1.44 bits per heavy atom. The van der Waals surface area contributed by atoms with Gasteiger partial charge in [-0.05, 0) is 6.42 Å². The van der Waals surface area contributed by atoms with Crippen LogP contribution in [0.15, 0.2) is 0 Å². The summed E-state index contributed by atoms with van der Waals surface area (Å²) in [6.07, 6.45) is 13.5. The number of carbonyl (C=O) groups excluding carboxylic acids is 4. The number of carbonyl (C=O) groups is 4. The van der Waals surface area contributed by atoms with Crippen LogP contribution in [0.4, 0.5) is 0 Å². The first-order valence-electron chi connectivity index (χ1n) is 12.6. The topological polar surface area (TPSA) is 136 Å². The Morgan fingerprint density at radius 1 is 0.706 bits per heavy atom. The highest BCUT2D eigenvalue weighted by Crippen LogP contribution is 2.25. The second-order valence-corrected chi connectivity index (χ2v) is 8.69. The van der Waals surface area contributed by atoms with Gasteiger partial charge in [-0.3, -0.25) is 9.59 Å². The Hall–Kier alpha value is -2.00. The molecular formula is C25H44O9. The number of rotatable bonds is 20. The Kier molecular flexibility index (Phi) is 18.2. The molecule has 0 saturated heterocycles. The predicted molar refractivity (Wildman–Crippen MR) is 125 cm³/mol. The Balaban J connectivity index is 4.45. The van der Waals surface area contributed by atoms with Gasteiger partial charge in [-0.15, -0.1) is 0 Å². The molecular weight excluding hydrogens is 444 g/mol. The summed E-state index contributed by atoms with van der Waals surface area (Å²) in [4.78, 5) is 47.4. The average Bonchev–Trinajstić information content (AvgIpc) is 2.77. The minimum Gasteiger partial charge on any atom is -0.412 e. The van der Waals surface area contributed by atoms with E-state index in [2.05, 4.69) is 11.7 Å². The minimum atomic E-state index is -2.42. The number of esters is 4. The van der Waals surface area contributed by atoms with Gasteiger partial charge in [-0.2, -0.15) is 0 Å². The fourth-order valence-electron chi connectivity index (χ4n) is 3.64. The summed E-state index contributed by atoms with van der Waals surface area (Å²) in [6, 6.07) is 0. The molecule has 0 aromatic rings. The Labute approximate surface area is 203 Å². The van der Waals surface area contributed by atoms with E-state index in [0.29, 0.717) is 12.8 Å². The zero-order chi connectivity index (χ0) is 25.8. The number of aliphatic hydroxyl groups excluding tert-OH is 2. The zero-order valence-corrected chi connectivity index (χ0v) is 21.1. The van der Waals surface area contributed by atoms with E-state index < -0.39 is 42.4 Å². The van der Waals surface area contributed by atoms with Crippen molar-refractivity contribution < 1.29 is 43.6 Å². The molecule has 0 saturated carbocycles. The molecule has 1 unspecified atom stereocenters. The van der Waals surface area contributed by atoms with Gasteiger partial charge >= 0.3 is 29.7 Å². The quantitative estimate of drug-likeness (QED) is 0.112. The van der Waals surface area contributed by atoms with Gasteiger partial charge < -0.3 is 24.4 Å². The lowest BCUT2D eigenvalue weighted by atomic mass is 10.0. The molecule has 0 aliphatic carbocycles. The molecule has 34 heavy (non-hydrogen) atoms. The van der Waals surface area contributed by atoms with Gasteiger partial charge in [0.1, 0.15) is 0 Å². The summed E-state index contributed by atoms with van der Waals surface area (Å²) in [5.41, 5.74) is 0. The highest BCUT2D eigenvalue weighted by Gasteiger charge is 2.48. The van der Waals surface area contributed by atoms with Crippen molar-refractivity contribution in [2.24, 2.45) is 0 Å². The second kappa shape index (κ2) is 19.3. The SMILES string of the molecule is CCCCCCCCCCCCCCCCC(OC(C)=O)(OC(C)=O)C(=O)OC(=O)C(O)CO. The molecule has 0 amide bonds. The van der Waals surface area contributed by atoms with Crippen molar-refractivity contribution in [2.45, 2.75) is 129 Å². The lowest BCUT2D eigenvalue weighted by Gasteiger charge is -2.29. The number of unbranched alkanes of at least 4 members (excludes halogenated alkanes) is 13. The fraction of sp³-hybridized carbons (Fsp3) is 0.840. The number of hydrogen-bond acceptors (Lipinski definition) is 9. The van der Waals surface area contributed by atoms with Gasteiger partial charge in [-0.25, -0.2) is 9.59 Å². The van der Waals surface area contributed by atoms with Crippen LogP contribution in [0, 0.1) is 0 Å². The summed E-state index contributed by atoms with van der Waals surface area (Å²) in [5.74, 6) is -7.08. The van der Waals surface area contributed by atoms with Crippen molar-refractivity contribution in [3.63, 3.8) is 0 Å². The van der Waals surface area contributed by atoms with Crippen LogP contribution in [0.3, 0.4) is 0 Å². The maximum Gasteiger partial charge on any atom is 0.400 e. The highest BCUT2D eigenvalue weighted by molar-refractivity contribution is 5.93. The predicted octanol–water partition coefficient (Wildman–Crippen LogP) is 4.10. The standard InChI is InChI=1S/C25H44O9/c1-4-5-6-7-8-9-10-11-12-13-14-15-16-17-18-25(33-20(2)27,34-21(3)28)24(31)32-23(30)22(29)19-26/h22,26,29H,4-19H2,1-3H3. The third kappa shape index (κ3) is 15.0. The smallest absolute Gasteiger partial charge is 0.400 e. The van der Waals surface area contributed by atoms with Crippen LogP contribution in [0.5, 0.6) is 0 Å². The van der Waals surface area contributed by atoms with Crippen molar-refractivity contribution in [1.29, 1.82) is 0 Å². The molecule has 9 heteroatoms. The van der Waals surface area contributed by atoms with Crippen LogP contribution in [-0.4, -0.2) is 52.6 Å². The molecule has 2 N–H and O–H groups in total. The lowest BCUT2D eigenvalue weighted by Crippen LogP contribution is -2.49. The third-order valence-electron chi connectivity index (χ3n) is 5.43. The first kappa shape index (κ1) is 32.0. The fourth-order valence-corrected chi connectivity index (χ4v) is 3.64. The first-order valence-corrected chi connectivity index (χ1v) is 12.6. The third-order valence-corrected chi connectivity index (χ3v) is 5.43. The van der Waals surface area contributed by atoms with E-state index >= 15 is 0 Å². The zero-order valence-electron chi connectivity index (χ0n) is 21.1. The van der Waals surface area contributed by atoms with Gasteiger partial charge in [0.15, 0.2) is 6.10 Å². The molecule has 0 aliphatic rings. The van der Waals surface area contributed by atoms with E-state index in [-0.39, 0.29) is 6.42 Å². The summed E-state index contributed by atoms with van der Waals surface area (Å²) >= 11 is 0. The van der Waals surface area contributed by atoms with Crippen LogP contribution in [0.25, 0.3) is 0 Å². The van der Waals surface area contributed by atoms with Gasteiger partial charge in [0.25, 0.3) is 0 Å². The molecule has 0 aliphatic heterocycles. The molecule has 0 fully saturated rings. The van der Waals surface area contributed by atoms with Crippen LogP contribution in [0.1, 0.15) is 117 Å². The highest BCUT2D eigenvalue weighted by atomic mass is 16.8. The van der Waals surface area contributed by atoms with E-state index in [0.717, 1.165) is 33.1 Å². The summed E-state index contributed by atoms with van der Waals surface area (Å²) < 4.78 is 14.5. The molecule has 1 atom stereocenters. The van der Waals surface area contributed by atoms with E-state index in [1.807, 2.05) is 0 Å². The number of ether oxygens (including phenoxy) is 3. The first-order chi connectivity index (χ1) is 16.2. The van der Waals surface area contributed by atoms with Crippen molar-refractivity contribution in [3.05, 3.63) is 0 Å².